The minimum Gasteiger partial charge on any atom is -0.309 e. The number of nitrogens with zero attached hydrogens (tertiary/aromatic N) is 3. The Hall–Kier alpha value is -7.28. The van der Waals surface area contributed by atoms with Gasteiger partial charge >= 0.3 is 0 Å². The third-order valence-corrected chi connectivity index (χ3v) is 10.9. The van der Waals surface area contributed by atoms with E-state index in [9.17, 15) is 5.26 Å². The molecule has 0 spiro atoms. The van der Waals surface area contributed by atoms with Gasteiger partial charge in [-0.3, -0.25) is 0 Å². The topological polar surface area (TPSA) is 41.6 Å². The van der Waals surface area contributed by atoms with E-state index in [4.69, 9.17) is 4.98 Å². The second-order valence-electron chi connectivity index (χ2n) is 14.3. The Morgan fingerprint density at radius 2 is 1.31 bits per heavy atom. The molecule has 4 bridgehead atoms. The van der Waals surface area contributed by atoms with Crippen molar-refractivity contribution in [3.05, 3.63) is 210 Å². The third kappa shape index (κ3) is 6.01. The molecule has 1 atom stereocenters. The molecule has 6 aromatic carbocycles. The average Bonchev–Trinajstić information content (AvgIpc) is 3.58. The Bertz CT molecular complexity index is 2930. The standard InChI is InChI=1S/C52H35N3/c53-34-37-18-28-47-48-29-25-41(33-52(48)55(51(47)32-37)44-10-5-2-6-11-44)38-21-23-39(24-22-38)45-26-16-35-15-20-43-31-36(14-19-42(45)30-35)17-27-46(43)50-13-7-12-49(54-50)40-8-3-1-4-9-40/h1-16,18-33,36H,17H2/b19-14-,20-15?. The van der Waals surface area contributed by atoms with Crippen LogP contribution in [-0.2, 0) is 0 Å². The zero-order valence-electron chi connectivity index (χ0n) is 30.1. The number of para-hydroxylation sites is 1. The number of nitriles is 1. The summed E-state index contributed by atoms with van der Waals surface area (Å²) in [6, 6.07) is 57.8. The molecule has 10 rings (SSSR count). The minimum atomic E-state index is 0.297. The first-order valence-electron chi connectivity index (χ1n) is 18.8. The lowest BCUT2D eigenvalue weighted by molar-refractivity contribution is 0.822. The van der Waals surface area contributed by atoms with Crippen LogP contribution in [0.3, 0.4) is 0 Å². The van der Waals surface area contributed by atoms with Gasteiger partial charge in [-0.05, 0) is 99.8 Å². The van der Waals surface area contributed by atoms with Gasteiger partial charge in [-0.25, -0.2) is 4.98 Å². The van der Waals surface area contributed by atoms with Crippen molar-refractivity contribution >= 4 is 39.5 Å². The molecule has 2 aliphatic rings. The molecule has 8 aromatic rings. The third-order valence-electron chi connectivity index (χ3n) is 10.9. The van der Waals surface area contributed by atoms with Gasteiger partial charge in [0.2, 0.25) is 0 Å². The lowest BCUT2D eigenvalue weighted by Gasteiger charge is -2.20. The molecule has 258 valence electrons. The Labute approximate surface area is 320 Å². The highest BCUT2D eigenvalue weighted by Gasteiger charge is 2.18. The molecule has 2 aromatic heterocycles. The second kappa shape index (κ2) is 13.6. The zero-order valence-corrected chi connectivity index (χ0v) is 30.1. The maximum atomic E-state index is 9.67. The number of allylic oxidation sites excluding steroid dienone is 6. The van der Waals surface area contributed by atoms with Crippen LogP contribution in [0.25, 0.3) is 78.7 Å². The molecular weight excluding hydrogens is 667 g/mol. The van der Waals surface area contributed by atoms with E-state index < -0.39 is 0 Å². The second-order valence-corrected chi connectivity index (χ2v) is 14.3. The van der Waals surface area contributed by atoms with Gasteiger partial charge in [-0.15, -0.1) is 0 Å². The summed E-state index contributed by atoms with van der Waals surface area (Å²) in [6.07, 6.45) is 14.8. The van der Waals surface area contributed by atoms with Crippen molar-refractivity contribution in [2.75, 3.05) is 0 Å². The fraction of sp³-hybridized carbons (Fsp3) is 0.0385. The van der Waals surface area contributed by atoms with Crippen LogP contribution in [0.15, 0.2) is 188 Å². The molecule has 0 radical (unpaired) electrons. The number of aromatic nitrogens is 2. The van der Waals surface area contributed by atoms with Gasteiger partial charge in [-0.2, -0.15) is 5.26 Å². The molecule has 3 heteroatoms. The van der Waals surface area contributed by atoms with Crippen molar-refractivity contribution in [2.45, 2.75) is 6.42 Å². The molecule has 1 unspecified atom stereocenters. The molecular formula is C52H35N3. The van der Waals surface area contributed by atoms with Crippen molar-refractivity contribution in [3.8, 4) is 45.3 Å². The summed E-state index contributed by atoms with van der Waals surface area (Å²) < 4.78 is 2.27. The normalized spacial score (nSPS) is 15.3. The molecule has 55 heavy (non-hydrogen) atoms. The van der Waals surface area contributed by atoms with E-state index in [0.717, 1.165) is 56.6 Å². The highest BCUT2D eigenvalue weighted by Crippen LogP contribution is 2.38. The molecule has 0 fully saturated rings. The van der Waals surface area contributed by atoms with Crippen LogP contribution in [0.1, 0.15) is 28.8 Å². The maximum Gasteiger partial charge on any atom is 0.0992 e. The summed E-state index contributed by atoms with van der Waals surface area (Å²) in [5.74, 6) is 0.297. The van der Waals surface area contributed by atoms with Crippen molar-refractivity contribution < 1.29 is 0 Å². The molecule has 3 nitrogen and oxygen atoms in total. The largest absolute Gasteiger partial charge is 0.309 e. The van der Waals surface area contributed by atoms with Crippen LogP contribution in [0, 0.1) is 17.2 Å². The number of fused-ring (bicyclic) bond motifs is 6. The summed E-state index contributed by atoms with van der Waals surface area (Å²) in [5, 5.41) is 12.0. The molecule has 0 N–H and O–H groups in total. The van der Waals surface area contributed by atoms with E-state index in [1.165, 1.54) is 38.8 Å². The fourth-order valence-corrected chi connectivity index (χ4v) is 8.11. The van der Waals surface area contributed by atoms with E-state index in [1.54, 1.807) is 0 Å². The average molecular weight is 702 g/mol. The van der Waals surface area contributed by atoms with Crippen molar-refractivity contribution in [1.29, 1.82) is 5.26 Å². The Morgan fingerprint density at radius 3 is 2.13 bits per heavy atom. The molecule has 2 heterocycles. The first kappa shape index (κ1) is 32.4. The van der Waals surface area contributed by atoms with Gasteiger partial charge in [0.25, 0.3) is 0 Å². The summed E-state index contributed by atoms with van der Waals surface area (Å²) in [4.78, 5) is 5.08. The van der Waals surface area contributed by atoms with Gasteiger partial charge in [0.1, 0.15) is 0 Å². The van der Waals surface area contributed by atoms with Crippen molar-refractivity contribution in [2.24, 2.45) is 5.92 Å². The van der Waals surface area contributed by atoms with Crippen molar-refractivity contribution in [3.63, 3.8) is 0 Å². The quantitative estimate of drug-likeness (QED) is 0.179. The smallest absolute Gasteiger partial charge is 0.0992 e. The van der Waals surface area contributed by atoms with Crippen LogP contribution in [-0.4, -0.2) is 9.55 Å². The van der Waals surface area contributed by atoms with Gasteiger partial charge in [0.05, 0.1) is 34.1 Å². The van der Waals surface area contributed by atoms with Gasteiger partial charge in [0.15, 0.2) is 0 Å². The summed E-state index contributed by atoms with van der Waals surface area (Å²) in [6.45, 7) is 0. The predicted octanol–water partition coefficient (Wildman–Crippen LogP) is 13.1. The molecule has 0 amide bonds. The highest BCUT2D eigenvalue weighted by atomic mass is 15.0. The van der Waals surface area contributed by atoms with Crippen molar-refractivity contribution in [1.82, 2.24) is 9.55 Å². The van der Waals surface area contributed by atoms with E-state index in [-0.39, 0.29) is 0 Å². The van der Waals surface area contributed by atoms with Crippen LogP contribution in [0.4, 0.5) is 0 Å². The predicted molar refractivity (Wildman–Crippen MR) is 228 cm³/mol. The van der Waals surface area contributed by atoms with Crippen LogP contribution >= 0.6 is 0 Å². The Morgan fingerprint density at radius 1 is 0.582 bits per heavy atom. The van der Waals surface area contributed by atoms with E-state index in [0.29, 0.717) is 11.5 Å². The maximum absolute atomic E-state index is 9.67. The molecule has 0 saturated heterocycles. The van der Waals surface area contributed by atoms with Gasteiger partial charge < -0.3 is 4.57 Å². The monoisotopic (exact) mass is 701 g/mol. The molecule has 0 saturated carbocycles. The van der Waals surface area contributed by atoms with E-state index in [2.05, 4.69) is 181 Å². The Kier molecular flexibility index (Phi) is 8.01. The van der Waals surface area contributed by atoms with E-state index in [1.807, 2.05) is 24.3 Å². The number of hydrogen-bond acceptors (Lipinski definition) is 2. The highest BCUT2D eigenvalue weighted by molar-refractivity contribution is 6.10. The van der Waals surface area contributed by atoms with E-state index >= 15 is 0 Å². The number of hydrogen-bond donors (Lipinski definition) is 0. The fourth-order valence-electron chi connectivity index (χ4n) is 8.11. The lowest BCUT2D eigenvalue weighted by atomic mass is 9.86. The minimum absolute atomic E-state index is 0.297. The summed E-state index contributed by atoms with van der Waals surface area (Å²) in [5.41, 5.74) is 16.5. The first-order chi connectivity index (χ1) is 27.2. The van der Waals surface area contributed by atoms with Crippen LogP contribution < -0.4 is 0 Å². The molecule has 2 aliphatic carbocycles. The zero-order chi connectivity index (χ0) is 36.7. The SMILES string of the molecule is N#Cc1ccc2c3ccc(-c4ccc(-c5ccc6cc5/C=C\C5C=C(C=C6)C(c6cccc(-c7ccccc7)n6)=CC5)cc4)cc3n(-c3ccccc3)c2c1. The summed E-state index contributed by atoms with van der Waals surface area (Å²) >= 11 is 0. The number of pyridine rings is 1. The first-order valence-corrected chi connectivity index (χ1v) is 18.8. The number of benzene rings is 6. The van der Waals surface area contributed by atoms with Crippen LogP contribution in [0.5, 0.6) is 0 Å². The lowest BCUT2D eigenvalue weighted by Crippen LogP contribution is -2.03. The van der Waals surface area contributed by atoms with Gasteiger partial charge in [-0.1, -0.05) is 146 Å². The molecule has 0 aliphatic heterocycles. The van der Waals surface area contributed by atoms with Gasteiger partial charge in [0, 0.05) is 27.6 Å². The van der Waals surface area contributed by atoms with Crippen LogP contribution in [0.2, 0.25) is 0 Å². The Balaban J connectivity index is 0.956. The summed E-state index contributed by atoms with van der Waals surface area (Å²) in [7, 11) is 0. The number of rotatable bonds is 5.